The molecule has 24 heavy (non-hydrogen) atoms. The number of phenols is 4. The molecule has 0 aliphatic carbocycles. The Morgan fingerprint density at radius 2 is 1.08 bits per heavy atom. The molecule has 7 nitrogen and oxygen atoms in total. The Hall–Kier alpha value is -2.48. The molecular weight excluding hydrogens is 314 g/mol. The molecule has 2 aromatic rings. The van der Waals surface area contributed by atoms with Crippen LogP contribution < -0.4 is 0 Å². The predicted molar refractivity (Wildman–Crippen MR) is 87.0 cm³/mol. The summed E-state index contributed by atoms with van der Waals surface area (Å²) in [6, 6.07) is 8.15. The summed E-state index contributed by atoms with van der Waals surface area (Å²) in [5.41, 5.74) is 0.878. The van der Waals surface area contributed by atoms with Gasteiger partial charge in [-0.1, -0.05) is 12.1 Å². The van der Waals surface area contributed by atoms with Crippen LogP contribution in [0.3, 0.4) is 0 Å². The van der Waals surface area contributed by atoms with Crippen molar-refractivity contribution in [3.63, 3.8) is 0 Å². The fraction of sp³-hybridized carbons (Fsp3) is 0.294. The SMILES string of the molecule is CN(CC(O)c1ccc(O)c(O)c1)CC(O)c1ccc(O)c(O)c1. The summed E-state index contributed by atoms with van der Waals surface area (Å²) in [6.07, 6.45) is -1.83. The van der Waals surface area contributed by atoms with E-state index in [9.17, 15) is 30.6 Å². The number of aliphatic hydroxyl groups excluding tert-OH is 2. The molecule has 0 radical (unpaired) electrons. The molecule has 6 N–H and O–H groups in total. The third-order valence-electron chi connectivity index (χ3n) is 3.74. The molecule has 0 aromatic heterocycles. The standard InChI is InChI=1S/C17H21NO6/c1-18(8-16(23)10-2-4-12(19)14(21)6-10)9-17(24)11-3-5-13(20)15(22)7-11/h2-7,16-17,19-24H,8-9H2,1H3. The van der Waals surface area contributed by atoms with Crippen molar-refractivity contribution in [1.82, 2.24) is 4.90 Å². The molecule has 0 saturated carbocycles. The zero-order valence-corrected chi connectivity index (χ0v) is 13.2. The molecule has 130 valence electrons. The maximum atomic E-state index is 10.2. The van der Waals surface area contributed by atoms with Crippen LogP contribution in [0, 0.1) is 0 Å². The summed E-state index contributed by atoms with van der Waals surface area (Å²) < 4.78 is 0. The largest absolute Gasteiger partial charge is 0.504 e. The minimum atomic E-state index is -0.915. The lowest BCUT2D eigenvalue weighted by atomic mass is 10.1. The van der Waals surface area contributed by atoms with Crippen LogP contribution in [0.25, 0.3) is 0 Å². The molecule has 0 heterocycles. The molecule has 2 atom stereocenters. The van der Waals surface area contributed by atoms with E-state index in [0.717, 1.165) is 0 Å². The van der Waals surface area contributed by atoms with Gasteiger partial charge in [-0.05, 0) is 42.4 Å². The van der Waals surface area contributed by atoms with Gasteiger partial charge in [0.15, 0.2) is 23.0 Å². The number of aliphatic hydroxyl groups is 2. The van der Waals surface area contributed by atoms with Crippen molar-refractivity contribution in [2.45, 2.75) is 12.2 Å². The van der Waals surface area contributed by atoms with Crippen molar-refractivity contribution in [3.05, 3.63) is 47.5 Å². The van der Waals surface area contributed by atoms with Gasteiger partial charge in [-0.15, -0.1) is 0 Å². The lowest BCUT2D eigenvalue weighted by molar-refractivity contribution is 0.0830. The molecule has 0 fully saturated rings. The molecule has 2 rings (SSSR count). The summed E-state index contributed by atoms with van der Waals surface area (Å²) >= 11 is 0. The molecule has 2 unspecified atom stereocenters. The van der Waals surface area contributed by atoms with Gasteiger partial charge < -0.3 is 35.5 Å². The van der Waals surface area contributed by atoms with Crippen LogP contribution in [0.1, 0.15) is 23.3 Å². The summed E-state index contributed by atoms with van der Waals surface area (Å²) in [5.74, 6) is -1.15. The summed E-state index contributed by atoms with van der Waals surface area (Å²) in [7, 11) is 1.70. The molecule has 0 saturated heterocycles. The number of hydrogen-bond acceptors (Lipinski definition) is 7. The highest BCUT2D eigenvalue weighted by molar-refractivity contribution is 5.42. The monoisotopic (exact) mass is 335 g/mol. The van der Waals surface area contributed by atoms with Gasteiger partial charge in [0.25, 0.3) is 0 Å². The van der Waals surface area contributed by atoms with Crippen LogP contribution in [-0.2, 0) is 0 Å². The minimum absolute atomic E-state index is 0.186. The number of aromatic hydroxyl groups is 4. The first-order valence-corrected chi connectivity index (χ1v) is 7.36. The van der Waals surface area contributed by atoms with Crippen LogP contribution in [0.2, 0.25) is 0 Å². The van der Waals surface area contributed by atoms with E-state index in [1.54, 1.807) is 11.9 Å². The Kier molecular flexibility index (Phi) is 5.50. The number of phenolic OH excluding ortho intramolecular Hbond substituents is 4. The molecule has 7 heteroatoms. The molecule has 2 aromatic carbocycles. The fourth-order valence-electron chi connectivity index (χ4n) is 2.37. The van der Waals surface area contributed by atoms with Gasteiger partial charge in [-0.2, -0.15) is 0 Å². The molecule has 0 aliphatic rings. The third-order valence-corrected chi connectivity index (χ3v) is 3.74. The summed E-state index contributed by atoms with van der Waals surface area (Å²) in [5, 5.41) is 57.9. The van der Waals surface area contributed by atoms with E-state index in [2.05, 4.69) is 0 Å². The van der Waals surface area contributed by atoms with Gasteiger partial charge in [0.05, 0.1) is 12.2 Å². The predicted octanol–water partition coefficient (Wildman–Crippen LogP) is 1.21. The van der Waals surface area contributed by atoms with Crippen LogP contribution in [-0.4, -0.2) is 55.7 Å². The third kappa shape index (κ3) is 4.29. The van der Waals surface area contributed by atoms with Crippen molar-refractivity contribution in [1.29, 1.82) is 0 Å². The van der Waals surface area contributed by atoms with E-state index < -0.39 is 12.2 Å². The van der Waals surface area contributed by atoms with E-state index in [1.807, 2.05) is 0 Å². The summed E-state index contributed by atoms with van der Waals surface area (Å²) in [4.78, 5) is 1.68. The fourth-order valence-corrected chi connectivity index (χ4v) is 2.37. The van der Waals surface area contributed by atoms with E-state index in [-0.39, 0.29) is 36.1 Å². The van der Waals surface area contributed by atoms with Crippen LogP contribution in [0.4, 0.5) is 0 Å². The highest BCUT2D eigenvalue weighted by Gasteiger charge is 2.17. The van der Waals surface area contributed by atoms with Crippen molar-refractivity contribution in [2.75, 3.05) is 20.1 Å². The molecular formula is C17H21NO6. The van der Waals surface area contributed by atoms with E-state index in [0.29, 0.717) is 11.1 Å². The quantitative estimate of drug-likeness (QED) is 0.438. The number of hydrogen-bond donors (Lipinski definition) is 6. The first-order valence-electron chi connectivity index (χ1n) is 7.36. The Labute approximate surface area is 139 Å². The van der Waals surface area contributed by atoms with E-state index in [1.165, 1.54) is 36.4 Å². The van der Waals surface area contributed by atoms with Gasteiger partial charge in [0, 0.05) is 13.1 Å². The highest BCUT2D eigenvalue weighted by Crippen LogP contribution is 2.29. The van der Waals surface area contributed by atoms with Gasteiger partial charge in [0.2, 0.25) is 0 Å². The Morgan fingerprint density at radius 3 is 1.42 bits per heavy atom. The van der Waals surface area contributed by atoms with Gasteiger partial charge in [-0.25, -0.2) is 0 Å². The molecule has 0 bridgehead atoms. The Morgan fingerprint density at radius 1 is 0.708 bits per heavy atom. The van der Waals surface area contributed by atoms with E-state index >= 15 is 0 Å². The maximum absolute atomic E-state index is 10.2. The average molecular weight is 335 g/mol. The lowest BCUT2D eigenvalue weighted by Gasteiger charge is -2.24. The lowest BCUT2D eigenvalue weighted by Crippen LogP contribution is -2.29. The topological polar surface area (TPSA) is 125 Å². The number of rotatable bonds is 6. The second-order valence-electron chi connectivity index (χ2n) is 5.75. The summed E-state index contributed by atoms with van der Waals surface area (Å²) in [6.45, 7) is 0.372. The maximum Gasteiger partial charge on any atom is 0.157 e. The first-order chi connectivity index (χ1) is 11.3. The smallest absolute Gasteiger partial charge is 0.157 e. The van der Waals surface area contributed by atoms with Gasteiger partial charge >= 0.3 is 0 Å². The number of nitrogens with zero attached hydrogens (tertiary/aromatic N) is 1. The second kappa shape index (κ2) is 7.39. The number of likely N-dealkylation sites (N-methyl/N-ethyl adjacent to an activating group) is 1. The molecule has 0 aliphatic heterocycles. The zero-order chi connectivity index (χ0) is 17.9. The van der Waals surface area contributed by atoms with Gasteiger partial charge in [0.1, 0.15) is 0 Å². The second-order valence-corrected chi connectivity index (χ2v) is 5.75. The van der Waals surface area contributed by atoms with Crippen molar-refractivity contribution in [2.24, 2.45) is 0 Å². The number of benzene rings is 2. The van der Waals surface area contributed by atoms with Gasteiger partial charge in [-0.3, -0.25) is 0 Å². The molecule has 0 spiro atoms. The van der Waals surface area contributed by atoms with Crippen LogP contribution >= 0.6 is 0 Å². The Balaban J connectivity index is 1.97. The van der Waals surface area contributed by atoms with Crippen molar-refractivity contribution >= 4 is 0 Å². The average Bonchev–Trinajstić information content (AvgIpc) is 2.52. The van der Waals surface area contributed by atoms with E-state index in [4.69, 9.17) is 0 Å². The Bertz CT molecular complexity index is 646. The van der Waals surface area contributed by atoms with Crippen LogP contribution in [0.15, 0.2) is 36.4 Å². The molecule has 0 amide bonds. The first kappa shape index (κ1) is 17.9. The van der Waals surface area contributed by atoms with Crippen molar-refractivity contribution in [3.8, 4) is 23.0 Å². The normalized spacial score (nSPS) is 13.8. The highest BCUT2D eigenvalue weighted by atomic mass is 16.3. The van der Waals surface area contributed by atoms with Crippen molar-refractivity contribution < 1.29 is 30.6 Å². The zero-order valence-electron chi connectivity index (χ0n) is 13.2. The van der Waals surface area contributed by atoms with Crippen LogP contribution in [0.5, 0.6) is 23.0 Å². The minimum Gasteiger partial charge on any atom is -0.504 e.